The fourth-order valence-electron chi connectivity index (χ4n) is 4.26. The molecule has 0 unspecified atom stereocenters. The maximum Gasteiger partial charge on any atom is 0.156 e. The molecule has 1 fully saturated rings. The first-order chi connectivity index (χ1) is 15.2. The fraction of sp³-hybridized carbons (Fsp3) is 0.208. The van der Waals surface area contributed by atoms with Crippen LogP contribution in [-0.4, -0.2) is 33.4 Å². The molecule has 0 amide bonds. The third-order valence-electron chi connectivity index (χ3n) is 5.80. The van der Waals surface area contributed by atoms with Gasteiger partial charge >= 0.3 is 0 Å². The first kappa shape index (κ1) is 19.1. The molecule has 4 aromatic rings. The maximum absolute atomic E-state index is 14.6. The Morgan fingerprint density at radius 2 is 1.84 bits per heavy atom. The summed E-state index contributed by atoms with van der Waals surface area (Å²) < 4.78 is 14.6. The molecule has 2 N–H and O–H groups in total. The van der Waals surface area contributed by atoms with Crippen molar-refractivity contribution in [1.82, 2.24) is 15.2 Å². The second kappa shape index (κ2) is 7.73. The zero-order valence-corrected chi connectivity index (χ0v) is 16.8. The highest BCUT2D eigenvalue weighted by atomic mass is 19.1. The van der Waals surface area contributed by atoms with E-state index in [9.17, 15) is 14.8 Å². The third-order valence-corrected chi connectivity index (χ3v) is 5.80. The first-order valence-corrected chi connectivity index (χ1v) is 10.3. The van der Waals surface area contributed by atoms with E-state index >= 15 is 0 Å². The van der Waals surface area contributed by atoms with Crippen molar-refractivity contribution >= 4 is 16.7 Å². The zero-order valence-electron chi connectivity index (χ0n) is 16.8. The number of hydrogen-bond acceptors (Lipinski definition) is 5. The minimum Gasteiger partial charge on any atom is -0.508 e. The number of nitrogens with zero attached hydrogens (tertiary/aromatic N) is 4. The van der Waals surface area contributed by atoms with Crippen molar-refractivity contribution in [2.24, 2.45) is 0 Å². The number of aromatic nitrogens is 3. The lowest BCUT2D eigenvalue weighted by Gasteiger charge is -2.29. The number of rotatable bonds is 3. The molecule has 2 aromatic carbocycles. The molecule has 1 saturated heterocycles. The Labute approximate surface area is 178 Å². The van der Waals surface area contributed by atoms with E-state index in [-0.39, 0.29) is 22.6 Å². The Balaban J connectivity index is 1.68. The highest BCUT2D eigenvalue weighted by Crippen LogP contribution is 2.38. The van der Waals surface area contributed by atoms with Crippen LogP contribution in [-0.2, 0) is 0 Å². The molecule has 7 heteroatoms. The van der Waals surface area contributed by atoms with Gasteiger partial charge in [-0.15, -0.1) is 0 Å². The lowest BCUT2D eigenvalue weighted by Crippen LogP contribution is -2.29. The van der Waals surface area contributed by atoms with Gasteiger partial charge in [0.05, 0.1) is 17.5 Å². The smallest absolute Gasteiger partial charge is 0.156 e. The molecule has 0 aliphatic carbocycles. The van der Waals surface area contributed by atoms with Gasteiger partial charge in [0.25, 0.3) is 0 Å². The van der Waals surface area contributed by atoms with Crippen molar-refractivity contribution in [3.05, 3.63) is 60.0 Å². The molecule has 6 nitrogen and oxygen atoms in total. The van der Waals surface area contributed by atoms with E-state index < -0.39 is 5.82 Å². The normalized spacial score (nSPS) is 14.0. The van der Waals surface area contributed by atoms with Crippen molar-refractivity contribution in [2.45, 2.75) is 19.3 Å². The molecular formula is C24H20FN5O. The lowest BCUT2D eigenvalue weighted by molar-refractivity contribution is 0.469. The zero-order chi connectivity index (χ0) is 21.4. The van der Waals surface area contributed by atoms with Crippen molar-refractivity contribution < 1.29 is 9.50 Å². The van der Waals surface area contributed by atoms with Gasteiger partial charge in [-0.2, -0.15) is 10.4 Å². The number of H-pyrrole nitrogens is 1. The van der Waals surface area contributed by atoms with Gasteiger partial charge < -0.3 is 10.0 Å². The van der Waals surface area contributed by atoms with E-state index in [0.717, 1.165) is 30.4 Å². The van der Waals surface area contributed by atoms with Gasteiger partial charge in [-0.25, -0.2) is 9.37 Å². The monoisotopic (exact) mass is 413 g/mol. The number of phenols is 1. The van der Waals surface area contributed by atoms with Gasteiger partial charge in [-0.05, 0) is 49.1 Å². The quantitative estimate of drug-likeness (QED) is 0.493. The Hall–Kier alpha value is -3.92. The van der Waals surface area contributed by atoms with Crippen LogP contribution in [0.4, 0.5) is 10.1 Å². The van der Waals surface area contributed by atoms with Crippen LogP contribution >= 0.6 is 0 Å². The summed E-state index contributed by atoms with van der Waals surface area (Å²) in [6.07, 6.45) is 5.30. The Morgan fingerprint density at radius 3 is 2.55 bits per heavy atom. The number of piperidine rings is 1. The highest BCUT2D eigenvalue weighted by Gasteiger charge is 2.21. The van der Waals surface area contributed by atoms with E-state index in [1.807, 2.05) is 12.1 Å². The van der Waals surface area contributed by atoms with Crippen LogP contribution in [0.25, 0.3) is 33.4 Å². The number of aromatic hydroxyl groups is 1. The summed E-state index contributed by atoms with van der Waals surface area (Å²) in [6.45, 7) is 2.10. The summed E-state index contributed by atoms with van der Waals surface area (Å²) in [4.78, 5) is 6.84. The molecule has 1 aliphatic heterocycles. The Kier molecular flexibility index (Phi) is 4.75. The number of hydrogen-bond donors (Lipinski definition) is 2. The van der Waals surface area contributed by atoms with Gasteiger partial charge in [0.2, 0.25) is 0 Å². The molecule has 0 bridgehead atoms. The summed E-state index contributed by atoms with van der Waals surface area (Å²) in [6, 6.07) is 14.2. The molecule has 154 valence electrons. The third kappa shape index (κ3) is 3.36. The molecular weight excluding hydrogens is 393 g/mol. The van der Waals surface area contributed by atoms with E-state index in [1.54, 1.807) is 6.20 Å². The number of halogens is 1. The maximum atomic E-state index is 14.6. The van der Waals surface area contributed by atoms with Crippen LogP contribution in [0.15, 0.2) is 48.7 Å². The summed E-state index contributed by atoms with van der Waals surface area (Å²) >= 11 is 0. The summed E-state index contributed by atoms with van der Waals surface area (Å²) in [5.41, 5.74) is 3.76. The molecule has 0 spiro atoms. The minimum absolute atomic E-state index is 0.150. The predicted molar refractivity (Wildman–Crippen MR) is 117 cm³/mol. The molecule has 3 heterocycles. The van der Waals surface area contributed by atoms with E-state index in [1.165, 1.54) is 31.4 Å². The number of anilines is 1. The number of aromatic amines is 1. The van der Waals surface area contributed by atoms with Crippen LogP contribution in [0, 0.1) is 17.1 Å². The molecule has 2 aromatic heterocycles. The van der Waals surface area contributed by atoms with E-state index in [0.29, 0.717) is 16.6 Å². The first-order valence-electron chi connectivity index (χ1n) is 10.3. The largest absolute Gasteiger partial charge is 0.508 e. The van der Waals surface area contributed by atoms with Crippen LogP contribution in [0.1, 0.15) is 24.8 Å². The number of benzene rings is 2. The minimum atomic E-state index is -0.644. The van der Waals surface area contributed by atoms with Crippen molar-refractivity contribution in [1.29, 1.82) is 5.26 Å². The van der Waals surface area contributed by atoms with Gasteiger partial charge in [0.15, 0.2) is 5.65 Å². The number of fused-ring (bicyclic) bond motifs is 1. The van der Waals surface area contributed by atoms with Gasteiger partial charge in [0.1, 0.15) is 17.6 Å². The number of phenolic OH excluding ortho intramolecular Hbond substituents is 1. The SMILES string of the molecule is N#Cc1c(-c2ccc(O)cc2F)nc2[nH]ncc2c1-c1ccc(N2CCCCC2)cc1. The molecule has 0 radical (unpaired) electrons. The van der Waals surface area contributed by atoms with Crippen LogP contribution in [0.2, 0.25) is 0 Å². The summed E-state index contributed by atoms with van der Waals surface area (Å²) in [5, 5.41) is 27.2. The average Bonchev–Trinajstić information content (AvgIpc) is 3.27. The van der Waals surface area contributed by atoms with Crippen molar-refractivity contribution in [2.75, 3.05) is 18.0 Å². The van der Waals surface area contributed by atoms with Gasteiger partial charge in [-0.3, -0.25) is 5.10 Å². The predicted octanol–water partition coefficient (Wildman–Crippen LogP) is 5.00. The number of nitriles is 1. The molecule has 1 aliphatic rings. The van der Waals surface area contributed by atoms with Gasteiger partial charge in [0, 0.05) is 41.4 Å². The fourth-order valence-corrected chi connectivity index (χ4v) is 4.26. The Bertz CT molecular complexity index is 1300. The molecule has 5 rings (SSSR count). The van der Waals surface area contributed by atoms with E-state index in [4.69, 9.17) is 0 Å². The highest BCUT2D eigenvalue weighted by molar-refractivity contribution is 5.99. The van der Waals surface area contributed by atoms with Crippen molar-refractivity contribution in [3.8, 4) is 34.2 Å². The number of nitrogens with one attached hydrogen (secondary N) is 1. The molecule has 31 heavy (non-hydrogen) atoms. The van der Waals surface area contributed by atoms with Crippen LogP contribution < -0.4 is 4.90 Å². The summed E-state index contributed by atoms with van der Waals surface area (Å²) in [7, 11) is 0. The molecule has 0 saturated carbocycles. The Morgan fingerprint density at radius 1 is 1.06 bits per heavy atom. The summed E-state index contributed by atoms with van der Waals surface area (Å²) in [5.74, 6) is -0.829. The molecule has 0 atom stereocenters. The second-order valence-electron chi connectivity index (χ2n) is 7.71. The van der Waals surface area contributed by atoms with E-state index in [2.05, 4.69) is 38.3 Å². The second-order valence-corrected chi connectivity index (χ2v) is 7.71. The van der Waals surface area contributed by atoms with Gasteiger partial charge in [-0.1, -0.05) is 12.1 Å². The number of pyridine rings is 1. The standard InChI is InChI=1S/C24H20FN5O/c25-21-12-17(31)8-9-18(21)23-19(13-26)22(20-14-27-29-24(20)28-23)15-4-6-16(7-5-15)30-10-2-1-3-11-30/h4-9,12,14,31H,1-3,10-11H2,(H,27,28,29). The van der Waals surface area contributed by atoms with Crippen molar-refractivity contribution in [3.63, 3.8) is 0 Å². The topological polar surface area (TPSA) is 88.8 Å². The van der Waals surface area contributed by atoms with Crippen LogP contribution in [0.5, 0.6) is 5.75 Å². The lowest BCUT2D eigenvalue weighted by atomic mass is 9.94. The van der Waals surface area contributed by atoms with Crippen LogP contribution in [0.3, 0.4) is 0 Å². The average molecular weight is 413 g/mol.